The third-order valence-electron chi connectivity index (χ3n) is 2.63. The minimum atomic E-state index is -0.384. The van der Waals surface area contributed by atoms with Crippen LogP contribution in [0, 0.1) is 0 Å². The molecule has 0 saturated heterocycles. The zero-order valence-corrected chi connectivity index (χ0v) is 9.44. The van der Waals surface area contributed by atoms with Crippen molar-refractivity contribution in [1.29, 1.82) is 0 Å². The highest BCUT2D eigenvalue weighted by molar-refractivity contribution is 6.01. The molecule has 6 heteroatoms. The fourth-order valence-corrected chi connectivity index (χ4v) is 1.70. The molecule has 0 aliphatic heterocycles. The van der Waals surface area contributed by atoms with Crippen molar-refractivity contribution in [2.45, 2.75) is 0 Å². The van der Waals surface area contributed by atoms with E-state index >= 15 is 0 Å². The Hall–Kier alpha value is -2.44. The summed E-state index contributed by atoms with van der Waals surface area (Å²) in [6, 6.07) is 10.2. The van der Waals surface area contributed by atoms with Crippen LogP contribution in [0.25, 0.3) is 10.8 Å². The number of nitrogens with one attached hydrogen (secondary N) is 2. The Morgan fingerprint density at radius 3 is 1.61 bits per heavy atom. The number of carbonyl (C=O) groups excluding carboxylic acids is 2. The molecule has 92 valence electrons. The second-order valence-corrected chi connectivity index (χ2v) is 3.72. The molecule has 0 aliphatic carbocycles. The second-order valence-electron chi connectivity index (χ2n) is 3.72. The van der Waals surface area contributed by atoms with E-state index in [1.54, 1.807) is 36.4 Å². The number of nitrogen functional groups attached to an aromatic ring is 2. The summed E-state index contributed by atoms with van der Waals surface area (Å²) in [6.45, 7) is 0. The van der Waals surface area contributed by atoms with Gasteiger partial charge in [0.1, 0.15) is 0 Å². The van der Waals surface area contributed by atoms with Crippen LogP contribution < -0.4 is 22.5 Å². The Bertz CT molecular complexity index is 574. The van der Waals surface area contributed by atoms with Crippen LogP contribution in [-0.4, -0.2) is 11.8 Å². The summed E-state index contributed by atoms with van der Waals surface area (Å²) >= 11 is 0. The zero-order chi connectivity index (χ0) is 13.1. The summed E-state index contributed by atoms with van der Waals surface area (Å²) in [5.41, 5.74) is 4.96. The molecule has 0 aliphatic rings. The van der Waals surface area contributed by atoms with Crippen molar-refractivity contribution in [3.63, 3.8) is 0 Å². The molecule has 0 radical (unpaired) electrons. The van der Waals surface area contributed by atoms with Crippen molar-refractivity contribution in [3.05, 3.63) is 47.5 Å². The molecule has 0 aromatic heterocycles. The Morgan fingerprint density at radius 1 is 0.778 bits per heavy atom. The van der Waals surface area contributed by atoms with E-state index in [0.717, 1.165) is 10.8 Å². The van der Waals surface area contributed by atoms with Crippen LogP contribution in [0.2, 0.25) is 0 Å². The van der Waals surface area contributed by atoms with Gasteiger partial charge in [-0.2, -0.15) is 0 Å². The third-order valence-corrected chi connectivity index (χ3v) is 2.63. The van der Waals surface area contributed by atoms with Crippen LogP contribution in [0.4, 0.5) is 0 Å². The van der Waals surface area contributed by atoms with Crippen LogP contribution in [0.3, 0.4) is 0 Å². The summed E-state index contributed by atoms with van der Waals surface area (Å²) in [5, 5.41) is 1.68. The maximum Gasteiger partial charge on any atom is 0.265 e. The highest BCUT2D eigenvalue weighted by Gasteiger charge is 2.07. The maximum atomic E-state index is 11.4. The molecule has 0 heterocycles. The first-order chi connectivity index (χ1) is 8.65. The van der Waals surface area contributed by atoms with E-state index in [1.165, 1.54) is 0 Å². The molecule has 2 aromatic carbocycles. The van der Waals surface area contributed by atoms with Crippen LogP contribution >= 0.6 is 0 Å². The smallest absolute Gasteiger partial charge is 0.265 e. The number of hydrogen-bond acceptors (Lipinski definition) is 4. The molecule has 2 aromatic rings. The lowest BCUT2D eigenvalue weighted by atomic mass is 10.0. The molecule has 2 amide bonds. The number of carbonyl (C=O) groups is 2. The minimum Gasteiger partial charge on any atom is -0.290 e. The first-order valence-electron chi connectivity index (χ1n) is 5.21. The van der Waals surface area contributed by atoms with Gasteiger partial charge in [0.25, 0.3) is 11.8 Å². The van der Waals surface area contributed by atoms with Gasteiger partial charge in [0, 0.05) is 11.1 Å². The quantitative estimate of drug-likeness (QED) is 0.340. The predicted octanol–water partition coefficient (Wildman–Crippen LogP) is 0.0468. The van der Waals surface area contributed by atoms with Crippen LogP contribution in [0.5, 0.6) is 0 Å². The normalized spacial score (nSPS) is 10.1. The first kappa shape index (κ1) is 12.0. The predicted molar refractivity (Wildman–Crippen MR) is 67.3 cm³/mol. The number of nitrogens with two attached hydrogens (primary N) is 2. The SMILES string of the molecule is NNC(=O)c1ccc2ccc(C(=O)NN)cc2c1. The molecule has 0 atom stereocenters. The lowest BCUT2D eigenvalue weighted by molar-refractivity contribution is 0.0946. The molecule has 2 rings (SSSR count). The van der Waals surface area contributed by atoms with Gasteiger partial charge in [-0.3, -0.25) is 20.4 Å². The molecule has 6 N–H and O–H groups in total. The Labute approximate surface area is 103 Å². The molecular weight excluding hydrogens is 232 g/mol. The lowest BCUT2D eigenvalue weighted by Gasteiger charge is -2.05. The summed E-state index contributed by atoms with van der Waals surface area (Å²) in [4.78, 5) is 22.8. The summed E-state index contributed by atoms with van der Waals surface area (Å²) in [6.07, 6.45) is 0. The van der Waals surface area contributed by atoms with Crippen molar-refractivity contribution >= 4 is 22.6 Å². The van der Waals surface area contributed by atoms with E-state index in [4.69, 9.17) is 11.7 Å². The van der Waals surface area contributed by atoms with E-state index in [9.17, 15) is 9.59 Å². The minimum absolute atomic E-state index is 0.384. The first-order valence-corrected chi connectivity index (χ1v) is 5.21. The second kappa shape index (κ2) is 4.82. The summed E-state index contributed by atoms with van der Waals surface area (Å²) in [5.74, 6) is 9.37. The van der Waals surface area contributed by atoms with Crippen molar-refractivity contribution in [1.82, 2.24) is 10.9 Å². The van der Waals surface area contributed by atoms with Crippen molar-refractivity contribution in [2.75, 3.05) is 0 Å². The average Bonchev–Trinajstić information content (AvgIpc) is 2.44. The molecule has 6 nitrogen and oxygen atoms in total. The van der Waals surface area contributed by atoms with Crippen LogP contribution in [-0.2, 0) is 0 Å². The Morgan fingerprint density at radius 2 is 1.22 bits per heavy atom. The largest absolute Gasteiger partial charge is 0.290 e. The topological polar surface area (TPSA) is 110 Å². The van der Waals surface area contributed by atoms with Gasteiger partial charge in [-0.25, -0.2) is 11.7 Å². The van der Waals surface area contributed by atoms with E-state index in [0.29, 0.717) is 11.1 Å². The standard InChI is InChI=1S/C12H12N4O2/c13-15-11(17)8-3-1-7-2-4-9(12(18)16-14)6-10(7)5-8/h1-6H,13-14H2,(H,15,17)(H,16,18). The highest BCUT2D eigenvalue weighted by atomic mass is 16.2. The summed E-state index contributed by atoms with van der Waals surface area (Å²) < 4.78 is 0. The van der Waals surface area contributed by atoms with E-state index < -0.39 is 0 Å². The van der Waals surface area contributed by atoms with Crippen molar-refractivity contribution in [3.8, 4) is 0 Å². The van der Waals surface area contributed by atoms with Gasteiger partial charge in [-0.15, -0.1) is 0 Å². The van der Waals surface area contributed by atoms with Crippen molar-refractivity contribution < 1.29 is 9.59 Å². The number of hydrazine groups is 2. The molecule has 0 saturated carbocycles. The highest BCUT2D eigenvalue weighted by Crippen LogP contribution is 2.18. The van der Waals surface area contributed by atoms with Gasteiger partial charge in [0.05, 0.1) is 0 Å². The summed E-state index contributed by atoms with van der Waals surface area (Å²) in [7, 11) is 0. The number of fused-ring (bicyclic) bond motifs is 1. The number of rotatable bonds is 2. The fourth-order valence-electron chi connectivity index (χ4n) is 1.70. The molecular formula is C12H12N4O2. The van der Waals surface area contributed by atoms with Gasteiger partial charge in [-0.1, -0.05) is 12.1 Å². The Balaban J connectivity index is 2.53. The Kier molecular flexibility index (Phi) is 3.22. The maximum absolute atomic E-state index is 11.4. The van der Waals surface area contributed by atoms with Gasteiger partial charge < -0.3 is 0 Å². The van der Waals surface area contributed by atoms with E-state index in [1.807, 2.05) is 0 Å². The number of benzene rings is 2. The monoisotopic (exact) mass is 244 g/mol. The van der Waals surface area contributed by atoms with Gasteiger partial charge in [0.2, 0.25) is 0 Å². The fraction of sp³-hybridized carbons (Fsp3) is 0. The van der Waals surface area contributed by atoms with Gasteiger partial charge in [-0.05, 0) is 35.0 Å². The van der Waals surface area contributed by atoms with E-state index in [-0.39, 0.29) is 11.8 Å². The molecule has 18 heavy (non-hydrogen) atoms. The molecule has 0 fully saturated rings. The van der Waals surface area contributed by atoms with Crippen molar-refractivity contribution in [2.24, 2.45) is 11.7 Å². The molecule has 0 bridgehead atoms. The number of amides is 2. The zero-order valence-electron chi connectivity index (χ0n) is 9.44. The van der Waals surface area contributed by atoms with Gasteiger partial charge >= 0.3 is 0 Å². The number of hydrogen-bond donors (Lipinski definition) is 4. The molecule has 0 spiro atoms. The van der Waals surface area contributed by atoms with Crippen LogP contribution in [0.1, 0.15) is 20.7 Å². The van der Waals surface area contributed by atoms with E-state index in [2.05, 4.69) is 10.9 Å². The molecule has 0 unspecified atom stereocenters. The third kappa shape index (κ3) is 2.15. The lowest BCUT2D eigenvalue weighted by Crippen LogP contribution is -2.30. The van der Waals surface area contributed by atoms with Crippen LogP contribution in [0.15, 0.2) is 36.4 Å². The average molecular weight is 244 g/mol. The van der Waals surface area contributed by atoms with Gasteiger partial charge in [0.15, 0.2) is 0 Å².